The third kappa shape index (κ3) is 3.94. The van der Waals surface area contributed by atoms with Crippen molar-refractivity contribution in [3.8, 4) is 17.2 Å². The van der Waals surface area contributed by atoms with Gasteiger partial charge >= 0.3 is 0 Å². The van der Waals surface area contributed by atoms with E-state index in [9.17, 15) is 4.79 Å². The highest BCUT2D eigenvalue weighted by molar-refractivity contribution is 9.10. The minimum atomic E-state index is -0.305. The van der Waals surface area contributed by atoms with Crippen LogP contribution in [0.5, 0.6) is 11.5 Å². The topological polar surface area (TPSA) is 62.6 Å². The second kappa shape index (κ2) is 8.41. The first-order valence-corrected chi connectivity index (χ1v) is 13.5. The molecule has 4 aromatic rings. The summed E-state index contributed by atoms with van der Waals surface area (Å²) in [6.07, 6.45) is 0.696. The van der Waals surface area contributed by atoms with E-state index in [2.05, 4.69) is 29.8 Å². The van der Waals surface area contributed by atoms with Gasteiger partial charge in [-0.25, -0.2) is 4.98 Å². The first-order chi connectivity index (χ1) is 16.4. The molecule has 0 saturated heterocycles. The van der Waals surface area contributed by atoms with Crippen molar-refractivity contribution in [2.24, 2.45) is 0 Å². The van der Waals surface area contributed by atoms with Crippen molar-refractivity contribution in [1.29, 1.82) is 0 Å². The van der Waals surface area contributed by atoms with E-state index < -0.39 is 0 Å². The van der Waals surface area contributed by atoms with Crippen molar-refractivity contribution in [2.45, 2.75) is 43.4 Å². The maximum Gasteiger partial charge on any atom is 0.267 e. The molecule has 0 atom stereocenters. The summed E-state index contributed by atoms with van der Waals surface area (Å²) in [6, 6.07) is 13.7. The summed E-state index contributed by atoms with van der Waals surface area (Å²) in [7, 11) is 0. The molecule has 174 valence electrons. The standard InChI is InChI=1S/C25H21BrN2O4S2/c1-25(2)10-17-20(11-32-25)34-22-21(17)23(29)28(16-5-3-4-15(26)9-16)24(27-22)33-12-14-6-7-18-19(8-14)31-13-30-18/h3-9H,10-13H2,1-2H3. The summed E-state index contributed by atoms with van der Waals surface area (Å²) in [5.74, 6) is 2.15. The molecule has 2 aliphatic rings. The molecule has 4 heterocycles. The quantitative estimate of drug-likeness (QED) is 0.224. The largest absolute Gasteiger partial charge is 0.454 e. The van der Waals surface area contributed by atoms with Gasteiger partial charge in [0.05, 0.1) is 23.3 Å². The van der Waals surface area contributed by atoms with Gasteiger partial charge in [-0.05, 0) is 55.3 Å². The number of halogens is 1. The maximum atomic E-state index is 14.0. The number of ether oxygens (including phenoxy) is 3. The minimum absolute atomic E-state index is 0.0357. The fraction of sp³-hybridized carbons (Fsp3) is 0.280. The summed E-state index contributed by atoms with van der Waals surface area (Å²) >= 11 is 6.65. The molecular formula is C25H21BrN2O4S2. The predicted molar refractivity (Wildman–Crippen MR) is 138 cm³/mol. The molecule has 0 saturated carbocycles. The van der Waals surface area contributed by atoms with Crippen molar-refractivity contribution in [1.82, 2.24) is 9.55 Å². The lowest BCUT2D eigenvalue weighted by molar-refractivity contribution is -0.0379. The van der Waals surface area contributed by atoms with Gasteiger partial charge in [0.1, 0.15) is 4.83 Å². The SMILES string of the molecule is CC1(C)Cc2c(sc3nc(SCc4ccc5c(c4)OCO5)n(-c4cccc(Br)c4)c(=O)c23)CO1. The lowest BCUT2D eigenvalue weighted by atomic mass is 9.94. The smallest absolute Gasteiger partial charge is 0.267 e. The van der Waals surface area contributed by atoms with Gasteiger partial charge < -0.3 is 14.2 Å². The zero-order valence-electron chi connectivity index (χ0n) is 18.6. The van der Waals surface area contributed by atoms with Gasteiger partial charge in [-0.15, -0.1) is 11.3 Å². The van der Waals surface area contributed by atoms with Crippen LogP contribution in [0.2, 0.25) is 0 Å². The minimum Gasteiger partial charge on any atom is -0.454 e. The fourth-order valence-corrected chi connectivity index (χ4v) is 6.78. The molecule has 0 aliphatic carbocycles. The Morgan fingerprint density at radius 2 is 2.03 bits per heavy atom. The highest BCUT2D eigenvalue weighted by Gasteiger charge is 2.31. The van der Waals surface area contributed by atoms with Gasteiger partial charge in [0, 0.05) is 21.5 Å². The maximum absolute atomic E-state index is 14.0. The van der Waals surface area contributed by atoms with Gasteiger partial charge in [-0.3, -0.25) is 9.36 Å². The van der Waals surface area contributed by atoms with Crippen LogP contribution in [0.15, 0.2) is 56.9 Å². The fourth-order valence-electron chi connectivity index (χ4n) is 4.29. The van der Waals surface area contributed by atoms with Gasteiger partial charge in [0.25, 0.3) is 5.56 Å². The Morgan fingerprint density at radius 1 is 1.18 bits per heavy atom. The zero-order valence-corrected chi connectivity index (χ0v) is 21.8. The molecule has 2 aromatic heterocycles. The van der Waals surface area contributed by atoms with Crippen LogP contribution in [0.25, 0.3) is 15.9 Å². The molecule has 0 amide bonds. The van der Waals surface area contributed by atoms with E-state index in [4.69, 9.17) is 19.2 Å². The summed E-state index contributed by atoms with van der Waals surface area (Å²) in [6.45, 7) is 4.89. The van der Waals surface area contributed by atoms with Crippen molar-refractivity contribution in [3.05, 3.63) is 73.3 Å². The van der Waals surface area contributed by atoms with Crippen LogP contribution in [0, 0.1) is 0 Å². The Kier molecular flexibility index (Phi) is 5.48. The van der Waals surface area contributed by atoms with E-state index in [0.717, 1.165) is 42.5 Å². The molecule has 0 unspecified atom stereocenters. The van der Waals surface area contributed by atoms with Crippen LogP contribution >= 0.6 is 39.0 Å². The normalized spacial score (nSPS) is 16.1. The summed E-state index contributed by atoms with van der Waals surface area (Å²) in [5.41, 5.74) is 2.59. The molecule has 0 spiro atoms. The molecule has 34 heavy (non-hydrogen) atoms. The first kappa shape index (κ1) is 22.2. The predicted octanol–water partition coefficient (Wildman–Crippen LogP) is 6.08. The van der Waals surface area contributed by atoms with Gasteiger partial charge in [0.2, 0.25) is 6.79 Å². The molecule has 0 bridgehead atoms. The molecular weight excluding hydrogens is 536 g/mol. The van der Waals surface area contributed by atoms with Crippen LogP contribution in [-0.4, -0.2) is 21.9 Å². The van der Waals surface area contributed by atoms with Crippen LogP contribution in [0.3, 0.4) is 0 Å². The Morgan fingerprint density at radius 3 is 2.88 bits per heavy atom. The highest BCUT2D eigenvalue weighted by atomic mass is 79.9. The monoisotopic (exact) mass is 556 g/mol. The third-order valence-corrected chi connectivity index (χ3v) is 8.55. The molecule has 6 rings (SSSR count). The van der Waals surface area contributed by atoms with Gasteiger partial charge in [-0.1, -0.05) is 39.8 Å². The average Bonchev–Trinajstić information content (AvgIpc) is 3.40. The number of hydrogen-bond acceptors (Lipinski definition) is 7. The van der Waals surface area contributed by atoms with Crippen LogP contribution in [0.1, 0.15) is 29.9 Å². The van der Waals surface area contributed by atoms with E-state index in [-0.39, 0.29) is 18.0 Å². The van der Waals surface area contributed by atoms with Crippen molar-refractivity contribution in [2.75, 3.05) is 6.79 Å². The molecule has 9 heteroatoms. The number of thioether (sulfide) groups is 1. The van der Waals surface area contributed by atoms with E-state index in [1.807, 2.05) is 42.5 Å². The van der Waals surface area contributed by atoms with Crippen molar-refractivity contribution < 1.29 is 14.2 Å². The Labute approximate surface area is 213 Å². The molecule has 0 fully saturated rings. The molecule has 6 nitrogen and oxygen atoms in total. The van der Waals surface area contributed by atoms with E-state index in [0.29, 0.717) is 29.3 Å². The molecule has 2 aromatic carbocycles. The zero-order chi connectivity index (χ0) is 23.4. The Bertz CT molecular complexity index is 1490. The number of aromatic nitrogens is 2. The van der Waals surface area contributed by atoms with Gasteiger partial charge in [-0.2, -0.15) is 0 Å². The molecule has 0 N–H and O–H groups in total. The van der Waals surface area contributed by atoms with Crippen molar-refractivity contribution in [3.63, 3.8) is 0 Å². The van der Waals surface area contributed by atoms with E-state index in [1.54, 1.807) is 15.9 Å². The second-order valence-electron chi connectivity index (χ2n) is 8.90. The summed E-state index contributed by atoms with van der Waals surface area (Å²) < 4.78 is 19.6. The van der Waals surface area contributed by atoms with Crippen LogP contribution in [0.4, 0.5) is 0 Å². The van der Waals surface area contributed by atoms with E-state index in [1.165, 1.54) is 11.8 Å². The van der Waals surface area contributed by atoms with Crippen molar-refractivity contribution >= 4 is 49.2 Å². The second-order valence-corrected chi connectivity index (χ2v) is 11.8. The first-order valence-electron chi connectivity index (χ1n) is 10.9. The lowest BCUT2D eigenvalue weighted by Crippen LogP contribution is -2.32. The number of rotatable bonds is 4. The average molecular weight is 557 g/mol. The Hall–Kier alpha value is -2.33. The number of thiophene rings is 1. The van der Waals surface area contributed by atoms with Crippen LogP contribution in [-0.2, 0) is 23.5 Å². The lowest BCUT2D eigenvalue weighted by Gasteiger charge is -2.29. The number of fused-ring (bicyclic) bond motifs is 4. The summed E-state index contributed by atoms with van der Waals surface area (Å²) in [5, 5.41) is 1.37. The Balaban J connectivity index is 1.47. The molecule has 0 radical (unpaired) electrons. The molecule has 2 aliphatic heterocycles. The van der Waals surface area contributed by atoms with Crippen LogP contribution < -0.4 is 15.0 Å². The third-order valence-electron chi connectivity index (χ3n) is 5.95. The van der Waals surface area contributed by atoms with E-state index >= 15 is 0 Å². The van der Waals surface area contributed by atoms with Gasteiger partial charge in [0.15, 0.2) is 16.7 Å². The number of benzene rings is 2. The number of nitrogens with zero attached hydrogens (tertiary/aromatic N) is 2. The summed E-state index contributed by atoms with van der Waals surface area (Å²) in [4.78, 5) is 20.9. The number of hydrogen-bond donors (Lipinski definition) is 0. The highest BCUT2D eigenvalue weighted by Crippen LogP contribution is 2.39.